The molecule has 0 fully saturated rings. The van der Waals surface area contributed by atoms with Crippen LogP contribution < -0.4 is 5.32 Å². The average molecular weight is 350 g/mol. The van der Waals surface area contributed by atoms with Crippen molar-refractivity contribution in [2.45, 2.75) is 33.2 Å². The maximum atomic E-state index is 13.9. The smallest absolute Gasteiger partial charge is 0.326 e. The van der Waals surface area contributed by atoms with Gasteiger partial charge in [0.15, 0.2) is 0 Å². The SMILES string of the molecule is Cc1nc(-c2ccccc2F)sc1C(=O)NC(CC(C)C)C(=O)O. The molecule has 5 nitrogen and oxygen atoms in total. The van der Waals surface area contributed by atoms with Crippen molar-refractivity contribution in [3.8, 4) is 10.6 Å². The first-order valence-electron chi connectivity index (χ1n) is 7.55. The molecule has 128 valence electrons. The number of hydrogen-bond donors (Lipinski definition) is 2. The maximum Gasteiger partial charge on any atom is 0.326 e. The molecule has 24 heavy (non-hydrogen) atoms. The summed E-state index contributed by atoms with van der Waals surface area (Å²) < 4.78 is 13.9. The molecule has 1 unspecified atom stereocenters. The van der Waals surface area contributed by atoms with Gasteiger partial charge < -0.3 is 10.4 Å². The molecular formula is C17H19FN2O3S. The first-order chi connectivity index (χ1) is 11.3. The molecule has 7 heteroatoms. The molecule has 1 amide bonds. The van der Waals surface area contributed by atoms with E-state index in [0.29, 0.717) is 27.6 Å². The number of aliphatic carboxylic acids is 1. The lowest BCUT2D eigenvalue weighted by molar-refractivity contribution is -0.139. The number of aromatic nitrogens is 1. The van der Waals surface area contributed by atoms with E-state index in [1.165, 1.54) is 6.07 Å². The number of amides is 1. The number of benzene rings is 1. The average Bonchev–Trinajstić information content (AvgIpc) is 2.88. The van der Waals surface area contributed by atoms with Gasteiger partial charge in [-0.15, -0.1) is 11.3 Å². The predicted molar refractivity (Wildman–Crippen MR) is 90.6 cm³/mol. The highest BCUT2D eigenvalue weighted by Gasteiger charge is 2.24. The Hall–Kier alpha value is -2.28. The van der Waals surface area contributed by atoms with Gasteiger partial charge in [0.2, 0.25) is 0 Å². The van der Waals surface area contributed by atoms with E-state index in [4.69, 9.17) is 0 Å². The second-order valence-electron chi connectivity index (χ2n) is 5.91. The van der Waals surface area contributed by atoms with E-state index in [1.807, 2.05) is 13.8 Å². The first-order valence-corrected chi connectivity index (χ1v) is 8.37. The van der Waals surface area contributed by atoms with E-state index >= 15 is 0 Å². The van der Waals surface area contributed by atoms with Gasteiger partial charge in [0, 0.05) is 5.56 Å². The third-order valence-electron chi connectivity index (χ3n) is 3.42. The van der Waals surface area contributed by atoms with E-state index in [-0.39, 0.29) is 5.92 Å². The summed E-state index contributed by atoms with van der Waals surface area (Å²) >= 11 is 1.05. The summed E-state index contributed by atoms with van der Waals surface area (Å²) in [5.74, 6) is -1.86. The van der Waals surface area contributed by atoms with Crippen LogP contribution in [0.2, 0.25) is 0 Å². The number of carboxylic acid groups (broad SMARTS) is 1. The lowest BCUT2D eigenvalue weighted by atomic mass is 10.0. The Kier molecular flexibility index (Phi) is 5.66. The normalized spacial score (nSPS) is 12.2. The van der Waals surface area contributed by atoms with Gasteiger partial charge >= 0.3 is 5.97 Å². The molecule has 2 aromatic rings. The second kappa shape index (κ2) is 7.53. The van der Waals surface area contributed by atoms with Crippen LogP contribution in [0.25, 0.3) is 10.6 Å². The van der Waals surface area contributed by atoms with Crippen LogP contribution in [-0.4, -0.2) is 28.0 Å². The van der Waals surface area contributed by atoms with Crippen LogP contribution in [0.4, 0.5) is 4.39 Å². The summed E-state index contributed by atoms with van der Waals surface area (Å²) in [6, 6.07) is 5.23. The van der Waals surface area contributed by atoms with Gasteiger partial charge in [-0.1, -0.05) is 26.0 Å². The summed E-state index contributed by atoms with van der Waals surface area (Å²) in [6.07, 6.45) is 0.332. The number of thiazole rings is 1. The molecule has 0 aliphatic heterocycles. The minimum Gasteiger partial charge on any atom is -0.480 e. The van der Waals surface area contributed by atoms with Crippen LogP contribution in [0.1, 0.15) is 35.6 Å². The van der Waals surface area contributed by atoms with Gasteiger partial charge in [0.25, 0.3) is 5.91 Å². The number of carbonyl (C=O) groups is 2. The van der Waals surface area contributed by atoms with Crippen LogP contribution in [-0.2, 0) is 4.79 Å². The zero-order chi connectivity index (χ0) is 17.9. The summed E-state index contributed by atoms with van der Waals surface area (Å²) in [7, 11) is 0. The molecule has 1 heterocycles. The number of hydrogen-bond acceptors (Lipinski definition) is 4. The Morgan fingerprint density at radius 3 is 2.58 bits per heavy atom. The van der Waals surface area contributed by atoms with E-state index in [9.17, 15) is 19.1 Å². The van der Waals surface area contributed by atoms with Gasteiger partial charge in [-0.2, -0.15) is 0 Å². The lowest BCUT2D eigenvalue weighted by Crippen LogP contribution is -2.41. The summed E-state index contributed by atoms with van der Waals surface area (Å²) in [5, 5.41) is 12.1. The molecule has 2 N–H and O–H groups in total. The van der Waals surface area contributed by atoms with Gasteiger partial charge in [-0.25, -0.2) is 14.2 Å². The third-order valence-corrected chi connectivity index (χ3v) is 4.61. The zero-order valence-corrected chi connectivity index (χ0v) is 14.5. The number of aryl methyl sites for hydroxylation is 1. The molecule has 0 aliphatic carbocycles. The molecule has 0 aliphatic rings. The molecule has 2 rings (SSSR count). The molecule has 0 saturated carbocycles. The van der Waals surface area contributed by atoms with Crippen molar-refractivity contribution in [1.29, 1.82) is 0 Å². The number of halogens is 1. The predicted octanol–water partition coefficient (Wildman–Crippen LogP) is 3.49. The van der Waals surface area contributed by atoms with E-state index in [1.54, 1.807) is 25.1 Å². The minimum absolute atomic E-state index is 0.128. The number of nitrogens with zero attached hydrogens (tertiary/aromatic N) is 1. The van der Waals surface area contributed by atoms with Crippen LogP contribution in [0.15, 0.2) is 24.3 Å². The molecule has 1 aromatic heterocycles. The molecule has 0 saturated heterocycles. The highest BCUT2D eigenvalue weighted by molar-refractivity contribution is 7.17. The van der Waals surface area contributed by atoms with Crippen LogP contribution in [0.5, 0.6) is 0 Å². The monoisotopic (exact) mass is 350 g/mol. The number of carboxylic acids is 1. The molecule has 0 radical (unpaired) electrons. The fraction of sp³-hybridized carbons (Fsp3) is 0.353. The van der Waals surface area contributed by atoms with Crippen molar-refractivity contribution in [3.05, 3.63) is 40.7 Å². The maximum absolute atomic E-state index is 13.9. The van der Waals surface area contributed by atoms with Crippen molar-refractivity contribution in [2.75, 3.05) is 0 Å². The second-order valence-corrected chi connectivity index (χ2v) is 6.91. The minimum atomic E-state index is -1.08. The van der Waals surface area contributed by atoms with Crippen molar-refractivity contribution in [3.63, 3.8) is 0 Å². The van der Waals surface area contributed by atoms with Gasteiger partial charge in [0.1, 0.15) is 21.7 Å². The van der Waals surface area contributed by atoms with Crippen LogP contribution in [0.3, 0.4) is 0 Å². The molecular weight excluding hydrogens is 331 g/mol. The summed E-state index contributed by atoms with van der Waals surface area (Å²) in [4.78, 5) is 28.2. The van der Waals surface area contributed by atoms with Gasteiger partial charge in [0.05, 0.1) is 5.69 Å². The number of carbonyl (C=O) groups excluding carboxylic acids is 1. The van der Waals surface area contributed by atoms with Crippen molar-refractivity contribution in [1.82, 2.24) is 10.3 Å². The summed E-state index contributed by atoms with van der Waals surface area (Å²) in [5.41, 5.74) is 0.769. The largest absolute Gasteiger partial charge is 0.480 e. The Morgan fingerprint density at radius 1 is 1.33 bits per heavy atom. The fourth-order valence-electron chi connectivity index (χ4n) is 2.27. The van der Waals surface area contributed by atoms with Gasteiger partial charge in [-0.3, -0.25) is 4.79 Å². The van der Waals surface area contributed by atoms with Crippen molar-refractivity contribution < 1.29 is 19.1 Å². The van der Waals surface area contributed by atoms with E-state index < -0.39 is 23.7 Å². The third kappa shape index (κ3) is 4.17. The zero-order valence-electron chi connectivity index (χ0n) is 13.7. The van der Waals surface area contributed by atoms with Crippen molar-refractivity contribution in [2.24, 2.45) is 5.92 Å². The Labute approximate surface area is 143 Å². The summed E-state index contributed by atoms with van der Waals surface area (Å²) in [6.45, 7) is 5.42. The Morgan fingerprint density at radius 2 is 2.00 bits per heavy atom. The standard InChI is InChI=1S/C17H19FN2O3S/c1-9(2)8-13(17(22)23)20-15(21)14-10(3)19-16(24-14)11-6-4-5-7-12(11)18/h4-7,9,13H,8H2,1-3H3,(H,20,21)(H,22,23). The van der Waals surface area contributed by atoms with Crippen LogP contribution >= 0.6 is 11.3 Å². The lowest BCUT2D eigenvalue weighted by Gasteiger charge is -2.15. The van der Waals surface area contributed by atoms with E-state index in [0.717, 1.165) is 11.3 Å². The topological polar surface area (TPSA) is 79.3 Å². The fourth-order valence-corrected chi connectivity index (χ4v) is 3.27. The molecule has 1 atom stereocenters. The van der Waals surface area contributed by atoms with Crippen LogP contribution in [0, 0.1) is 18.7 Å². The molecule has 1 aromatic carbocycles. The van der Waals surface area contributed by atoms with Gasteiger partial charge in [-0.05, 0) is 31.4 Å². The Balaban J connectivity index is 2.25. The highest BCUT2D eigenvalue weighted by Crippen LogP contribution is 2.29. The molecule has 0 bridgehead atoms. The quantitative estimate of drug-likeness (QED) is 0.836. The highest BCUT2D eigenvalue weighted by atomic mass is 32.1. The molecule has 0 spiro atoms. The van der Waals surface area contributed by atoms with Crippen molar-refractivity contribution >= 4 is 23.2 Å². The van der Waals surface area contributed by atoms with E-state index in [2.05, 4.69) is 10.3 Å². The Bertz CT molecular complexity index is 758. The number of rotatable bonds is 6. The number of nitrogens with one attached hydrogen (secondary N) is 1. The first kappa shape index (κ1) is 18.1.